The molecular formula is C7H14N2O3. The maximum Gasteiger partial charge on any atom is 0.406 e. The Morgan fingerprint density at radius 2 is 2.67 bits per heavy atom. The van der Waals surface area contributed by atoms with Crippen molar-refractivity contribution < 1.29 is 14.3 Å². The van der Waals surface area contributed by atoms with E-state index in [-0.39, 0.29) is 6.10 Å². The molecule has 0 aromatic carbocycles. The van der Waals surface area contributed by atoms with Crippen molar-refractivity contribution >= 4 is 6.09 Å². The van der Waals surface area contributed by atoms with Gasteiger partial charge in [-0.15, -0.1) is 0 Å². The van der Waals surface area contributed by atoms with E-state index in [9.17, 15) is 4.79 Å². The topological polar surface area (TPSA) is 59.6 Å². The summed E-state index contributed by atoms with van der Waals surface area (Å²) < 4.78 is 10.1. The Labute approximate surface area is 71.4 Å². The molecule has 0 aliphatic carbocycles. The minimum atomic E-state index is -0.413. The Balaban J connectivity index is 2.09. The largest absolute Gasteiger partial charge is 0.447 e. The highest BCUT2D eigenvalue weighted by Gasteiger charge is 2.14. The molecule has 1 fully saturated rings. The first-order chi connectivity index (χ1) is 5.83. The summed E-state index contributed by atoms with van der Waals surface area (Å²) >= 11 is 0. The molecule has 1 aliphatic rings. The van der Waals surface area contributed by atoms with Gasteiger partial charge in [0, 0.05) is 20.1 Å². The van der Waals surface area contributed by atoms with Crippen LogP contribution in [0.15, 0.2) is 0 Å². The minimum Gasteiger partial charge on any atom is -0.447 e. The molecule has 70 valence electrons. The molecule has 1 heterocycles. The lowest BCUT2D eigenvalue weighted by atomic mass is 10.3. The Bertz CT molecular complexity index is 146. The lowest BCUT2D eigenvalue weighted by Gasteiger charge is -2.22. The summed E-state index contributed by atoms with van der Waals surface area (Å²) in [6, 6.07) is 0. The molecular weight excluding hydrogens is 160 g/mol. The Morgan fingerprint density at radius 1 is 1.83 bits per heavy atom. The molecule has 0 aromatic heterocycles. The van der Waals surface area contributed by atoms with Crippen molar-refractivity contribution in [1.29, 1.82) is 0 Å². The molecule has 1 rings (SSSR count). The number of rotatable bonds is 2. The number of hydrogen-bond acceptors (Lipinski definition) is 4. The second-order valence-electron chi connectivity index (χ2n) is 2.55. The molecule has 0 bridgehead atoms. The average Bonchev–Trinajstić information content (AvgIpc) is 2.16. The molecule has 1 atom stereocenters. The first kappa shape index (κ1) is 9.28. The second kappa shape index (κ2) is 4.95. The Morgan fingerprint density at radius 3 is 3.25 bits per heavy atom. The predicted octanol–water partition coefficient (Wildman–Crippen LogP) is -0.669. The summed E-state index contributed by atoms with van der Waals surface area (Å²) in [4.78, 5) is 10.6. The molecule has 0 spiro atoms. The average molecular weight is 174 g/mol. The van der Waals surface area contributed by atoms with Crippen LogP contribution in [0.4, 0.5) is 4.79 Å². The van der Waals surface area contributed by atoms with E-state index in [2.05, 4.69) is 10.6 Å². The third-order valence-electron chi connectivity index (χ3n) is 1.61. The first-order valence-corrected chi connectivity index (χ1v) is 3.99. The number of hydrogen-bond donors (Lipinski definition) is 2. The van der Waals surface area contributed by atoms with Gasteiger partial charge in [0.1, 0.15) is 12.7 Å². The highest BCUT2D eigenvalue weighted by molar-refractivity contribution is 5.66. The molecule has 1 aliphatic heterocycles. The van der Waals surface area contributed by atoms with Crippen molar-refractivity contribution in [2.45, 2.75) is 6.10 Å². The van der Waals surface area contributed by atoms with E-state index in [0.717, 1.165) is 13.1 Å². The predicted molar refractivity (Wildman–Crippen MR) is 43.0 cm³/mol. The van der Waals surface area contributed by atoms with Crippen molar-refractivity contribution in [2.24, 2.45) is 0 Å². The SMILES string of the molecule is CNC(=O)OCC1CNCCO1. The molecule has 0 aromatic rings. The van der Waals surface area contributed by atoms with Crippen LogP contribution in [0, 0.1) is 0 Å². The highest BCUT2D eigenvalue weighted by Crippen LogP contribution is 1.96. The molecule has 5 heteroatoms. The van der Waals surface area contributed by atoms with Crippen LogP contribution in [0.25, 0.3) is 0 Å². The Hall–Kier alpha value is -0.810. The van der Waals surface area contributed by atoms with Crippen molar-refractivity contribution in [3.05, 3.63) is 0 Å². The van der Waals surface area contributed by atoms with Crippen molar-refractivity contribution in [1.82, 2.24) is 10.6 Å². The Kier molecular flexibility index (Phi) is 3.83. The first-order valence-electron chi connectivity index (χ1n) is 3.99. The van der Waals surface area contributed by atoms with Gasteiger partial charge in [-0.3, -0.25) is 0 Å². The van der Waals surface area contributed by atoms with Gasteiger partial charge in [0.15, 0.2) is 0 Å². The standard InChI is InChI=1S/C7H14N2O3/c1-8-7(10)12-5-6-4-9-2-3-11-6/h6,9H,2-5H2,1H3,(H,8,10). The van der Waals surface area contributed by atoms with Gasteiger partial charge >= 0.3 is 6.09 Å². The fourth-order valence-electron chi connectivity index (χ4n) is 0.968. The number of ether oxygens (including phenoxy) is 2. The summed E-state index contributed by atoms with van der Waals surface area (Å²) in [5, 5.41) is 5.51. The fraction of sp³-hybridized carbons (Fsp3) is 0.857. The van der Waals surface area contributed by atoms with E-state index < -0.39 is 6.09 Å². The number of carbonyl (C=O) groups excluding carboxylic acids is 1. The van der Waals surface area contributed by atoms with Crippen LogP contribution in [0.5, 0.6) is 0 Å². The highest BCUT2D eigenvalue weighted by atomic mass is 16.6. The van der Waals surface area contributed by atoms with Gasteiger partial charge in [-0.1, -0.05) is 0 Å². The molecule has 1 amide bonds. The molecule has 1 unspecified atom stereocenters. The van der Waals surface area contributed by atoms with E-state index in [1.807, 2.05) is 0 Å². The van der Waals surface area contributed by atoms with Gasteiger partial charge in [-0.05, 0) is 0 Å². The van der Waals surface area contributed by atoms with E-state index in [1.165, 1.54) is 7.05 Å². The van der Waals surface area contributed by atoms with Crippen LogP contribution < -0.4 is 10.6 Å². The molecule has 2 N–H and O–H groups in total. The number of amides is 1. The lowest BCUT2D eigenvalue weighted by molar-refractivity contribution is -0.0118. The van der Waals surface area contributed by atoms with Crippen LogP contribution in [0.3, 0.4) is 0 Å². The maximum absolute atomic E-state index is 10.6. The molecule has 0 radical (unpaired) electrons. The number of morpholine rings is 1. The number of alkyl carbamates (subject to hydrolysis) is 1. The second-order valence-corrected chi connectivity index (χ2v) is 2.55. The van der Waals surface area contributed by atoms with Crippen LogP contribution in [0.2, 0.25) is 0 Å². The van der Waals surface area contributed by atoms with Gasteiger partial charge in [0.25, 0.3) is 0 Å². The van der Waals surface area contributed by atoms with Gasteiger partial charge in [0.2, 0.25) is 0 Å². The van der Waals surface area contributed by atoms with Crippen molar-refractivity contribution in [2.75, 3.05) is 33.4 Å². The third-order valence-corrected chi connectivity index (χ3v) is 1.61. The smallest absolute Gasteiger partial charge is 0.406 e. The summed E-state index contributed by atoms with van der Waals surface area (Å²) in [6.45, 7) is 2.61. The van der Waals surface area contributed by atoms with Gasteiger partial charge in [-0.25, -0.2) is 4.79 Å². The zero-order valence-corrected chi connectivity index (χ0v) is 7.13. The van der Waals surface area contributed by atoms with Crippen LogP contribution in [-0.4, -0.2) is 45.5 Å². The third kappa shape index (κ3) is 3.06. The minimum absolute atomic E-state index is 0.00366. The van der Waals surface area contributed by atoms with Crippen LogP contribution in [0.1, 0.15) is 0 Å². The summed E-state index contributed by atoms with van der Waals surface area (Å²) in [5.41, 5.74) is 0. The fourth-order valence-corrected chi connectivity index (χ4v) is 0.968. The zero-order valence-electron chi connectivity index (χ0n) is 7.13. The van der Waals surface area contributed by atoms with Crippen LogP contribution >= 0.6 is 0 Å². The van der Waals surface area contributed by atoms with Gasteiger partial charge in [0.05, 0.1) is 6.61 Å². The maximum atomic E-state index is 10.6. The summed E-state index contributed by atoms with van der Waals surface area (Å²) in [6.07, 6.45) is -0.416. The molecule has 0 saturated carbocycles. The lowest BCUT2D eigenvalue weighted by Crippen LogP contribution is -2.41. The van der Waals surface area contributed by atoms with E-state index in [4.69, 9.17) is 9.47 Å². The normalized spacial score (nSPS) is 23.2. The van der Waals surface area contributed by atoms with Gasteiger partial charge in [-0.2, -0.15) is 0 Å². The van der Waals surface area contributed by atoms with Crippen molar-refractivity contribution in [3.8, 4) is 0 Å². The molecule has 12 heavy (non-hydrogen) atoms. The van der Waals surface area contributed by atoms with Gasteiger partial charge < -0.3 is 20.1 Å². The van der Waals surface area contributed by atoms with Crippen LogP contribution in [-0.2, 0) is 9.47 Å². The van der Waals surface area contributed by atoms with E-state index in [1.54, 1.807) is 0 Å². The number of carbonyl (C=O) groups is 1. The van der Waals surface area contributed by atoms with E-state index in [0.29, 0.717) is 13.2 Å². The van der Waals surface area contributed by atoms with E-state index >= 15 is 0 Å². The monoisotopic (exact) mass is 174 g/mol. The molecule has 5 nitrogen and oxygen atoms in total. The summed E-state index contributed by atoms with van der Waals surface area (Å²) in [5.74, 6) is 0. The zero-order chi connectivity index (χ0) is 8.81. The summed E-state index contributed by atoms with van der Waals surface area (Å²) in [7, 11) is 1.53. The quantitative estimate of drug-likeness (QED) is 0.583. The number of nitrogens with one attached hydrogen (secondary N) is 2. The molecule has 1 saturated heterocycles. The van der Waals surface area contributed by atoms with Crippen molar-refractivity contribution in [3.63, 3.8) is 0 Å².